The lowest BCUT2D eigenvalue weighted by Crippen LogP contribution is -2.21. The predicted molar refractivity (Wildman–Crippen MR) is 103 cm³/mol. The van der Waals surface area contributed by atoms with Crippen LogP contribution in [0.5, 0.6) is 0 Å². The Bertz CT molecular complexity index is 940. The number of pyridine rings is 1. The van der Waals surface area contributed by atoms with Crippen molar-refractivity contribution in [2.75, 3.05) is 19.8 Å². The Morgan fingerprint density at radius 3 is 2.33 bits per heavy atom. The summed E-state index contributed by atoms with van der Waals surface area (Å²) in [5, 5.41) is 16.8. The van der Waals surface area contributed by atoms with Gasteiger partial charge in [0.25, 0.3) is 0 Å². The number of aromatic carboxylic acids is 1. The molecule has 0 aliphatic carbocycles. The lowest BCUT2D eigenvalue weighted by Gasteiger charge is -2.11. The summed E-state index contributed by atoms with van der Waals surface area (Å²) in [6.07, 6.45) is -2.08. The van der Waals surface area contributed by atoms with E-state index in [4.69, 9.17) is 20.4 Å². The number of halogens is 3. The molecule has 0 spiro atoms. The molecule has 11 heteroatoms. The maximum absolute atomic E-state index is 12.4. The molecule has 2 aromatic rings. The molecule has 1 heterocycles. The maximum Gasteiger partial charge on any atom is 0.490 e. The summed E-state index contributed by atoms with van der Waals surface area (Å²) in [6, 6.07) is 5.64. The molecule has 0 fully saturated rings. The Morgan fingerprint density at radius 1 is 1.20 bits per heavy atom. The highest BCUT2D eigenvalue weighted by atomic mass is 19.4. The molecule has 0 unspecified atom stereocenters. The van der Waals surface area contributed by atoms with E-state index in [2.05, 4.69) is 0 Å². The molecular weight excluding hydrogens is 409 g/mol. The first kappa shape index (κ1) is 25.1. The molecule has 30 heavy (non-hydrogen) atoms. The van der Waals surface area contributed by atoms with Crippen molar-refractivity contribution in [2.24, 2.45) is 5.73 Å². The molecule has 0 aliphatic heterocycles. The molecule has 1 aromatic carbocycles. The van der Waals surface area contributed by atoms with E-state index in [1.54, 1.807) is 10.6 Å². The number of nitrogens with two attached hydrogens (primary N) is 1. The summed E-state index contributed by atoms with van der Waals surface area (Å²) in [4.78, 5) is 32.5. The highest BCUT2D eigenvalue weighted by molar-refractivity contribution is 5.92. The largest absolute Gasteiger partial charge is 0.490 e. The van der Waals surface area contributed by atoms with Gasteiger partial charge in [-0.1, -0.05) is 6.07 Å². The summed E-state index contributed by atoms with van der Waals surface area (Å²) in [7, 11) is 0. The van der Waals surface area contributed by atoms with Crippen molar-refractivity contribution < 1.29 is 37.7 Å². The van der Waals surface area contributed by atoms with Crippen LogP contribution in [0.15, 0.2) is 29.2 Å². The molecular formula is C19H23F3N2O6. The molecule has 0 aliphatic rings. The van der Waals surface area contributed by atoms with Crippen LogP contribution >= 0.6 is 0 Å². The maximum atomic E-state index is 12.4. The van der Waals surface area contributed by atoms with Crippen LogP contribution in [0.3, 0.4) is 0 Å². The topological polar surface area (TPSA) is 132 Å². The number of carboxylic acids is 2. The van der Waals surface area contributed by atoms with E-state index < -0.39 is 23.5 Å². The fourth-order valence-electron chi connectivity index (χ4n) is 2.58. The lowest BCUT2D eigenvalue weighted by atomic mass is 10.0. The lowest BCUT2D eigenvalue weighted by molar-refractivity contribution is -0.192. The minimum atomic E-state index is -5.08. The van der Waals surface area contributed by atoms with Gasteiger partial charge in [0.1, 0.15) is 5.56 Å². The molecule has 0 saturated heterocycles. The molecule has 0 radical (unpaired) electrons. The van der Waals surface area contributed by atoms with Crippen molar-refractivity contribution in [3.8, 4) is 0 Å². The van der Waals surface area contributed by atoms with Gasteiger partial charge in [-0.3, -0.25) is 4.79 Å². The van der Waals surface area contributed by atoms with Gasteiger partial charge in [-0.15, -0.1) is 0 Å². The smallest absolute Gasteiger partial charge is 0.477 e. The Labute approximate surface area is 169 Å². The van der Waals surface area contributed by atoms with E-state index in [0.717, 1.165) is 23.9 Å². The van der Waals surface area contributed by atoms with Crippen LogP contribution in [-0.2, 0) is 22.5 Å². The average molecular weight is 432 g/mol. The fourth-order valence-corrected chi connectivity index (χ4v) is 2.58. The second kappa shape index (κ2) is 11.3. The number of hydrogen-bond donors (Lipinski definition) is 3. The molecule has 166 valence electrons. The third-order valence-electron chi connectivity index (χ3n) is 3.97. The van der Waals surface area contributed by atoms with Gasteiger partial charge < -0.3 is 25.3 Å². The first-order valence-corrected chi connectivity index (χ1v) is 9.00. The van der Waals surface area contributed by atoms with Gasteiger partial charge in [-0.2, -0.15) is 13.2 Å². The summed E-state index contributed by atoms with van der Waals surface area (Å²) < 4.78 is 38.9. The van der Waals surface area contributed by atoms with Crippen molar-refractivity contribution in [1.82, 2.24) is 4.57 Å². The van der Waals surface area contributed by atoms with E-state index >= 15 is 0 Å². The van der Waals surface area contributed by atoms with Crippen LogP contribution in [0.2, 0.25) is 0 Å². The fraction of sp³-hybridized carbons (Fsp3) is 0.421. The highest BCUT2D eigenvalue weighted by Gasteiger charge is 2.38. The van der Waals surface area contributed by atoms with E-state index in [1.807, 2.05) is 19.1 Å². The van der Waals surface area contributed by atoms with Crippen LogP contribution in [0.4, 0.5) is 13.2 Å². The molecule has 4 N–H and O–H groups in total. The number of carboxylic acid groups (broad SMARTS) is 2. The summed E-state index contributed by atoms with van der Waals surface area (Å²) in [6.45, 7) is 4.18. The second-order valence-corrected chi connectivity index (χ2v) is 6.12. The predicted octanol–water partition coefficient (Wildman–Crippen LogP) is 2.26. The number of aliphatic carboxylic acids is 1. The van der Waals surface area contributed by atoms with Gasteiger partial charge in [0.2, 0.25) is 5.43 Å². The number of alkyl halides is 3. The van der Waals surface area contributed by atoms with Gasteiger partial charge >= 0.3 is 18.1 Å². The third-order valence-corrected chi connectivity index (χ3v) is 3.97. The Hall–Kier alpha value is -2.92. The van der Waals surface area contributed by atoms with Gasteiger partial charge in [-0.25, -0.2) is 9.59 Å². The van der Waals surface area contributed by atoms with Gasteiger partial charge in [0.15, 0.2) is 0 Å². The van der Waals surface area contributed by atoms with Gasteiger partial charge in [0, 0.05) is 31.3 Å². The number of carbonyl (C=O) groups is 2. The first-order chi connectivity index (χ1) is 14.0. The second-order valence-electron chi connectivity index (χ2n) is 6.12. The van der Waals surface area contributed by atoms with Crippen molar-refractivity contribution in [3.63, 3.8) is 0 Å². The van der Waals surface area contributed by atoms with Crippen LogP contribution in [0.1, 0.15) is 29.3 Å². The molecule has 0 bridgehead atoms. The number of nitrogens with zero attached hydrogens (tertiary/aromatic N) is 1. The van der Waals surface area contributed by atoms with Gasteiger partial charge in [-0.05, 0) is 37.5 Å². The van der Waals surface area contributed by atoms with Crippen molar-refractivity contribution in [2.45, 2.75) is 32.5 Å². The molecule has 1 aromatic heterocycles. The zero-order valence-electron chi connectivity index (χ0n) is 16.2. The number of fused-ring (bicyclic) bond motifs is 1. The Kier molecular flexibility index (Phi) is 9.47. The number of rotatable bonds is 8. The summed E-state index contributed by atoms with van der Waals surface area (Å²) in [5.74, 6) is -3.95. The summed E-state index contributed by atoms with van der Waals surface area (Å²) >= 11 is 0. The SMILES string of the molecule is CCn1cc(C(=O)O)c(=O)c2cc(CCCOCCN)ccc21.O=C(O)C(F)(F)F. The van der Waals surface area contributed by atoms with Gasteiger partial charge in [0.05, 0.1) is 12.1 Å². The molecule has 0 saturated carbocycles. The number of aromatic nitrogens is 1. The monoisotopic (exact) mass is 432 g/mol. The van der Waals surface area contributed by atoms with Crippen molar-refractivity contribution in [1.29, 1.82) is 0 Å². The molecule has 0 atom stereocenters. The summed E-state index contributed by atoms with van der Waals surface area (Å²) in [5.41, 5.74) is 6.48. The molecule has 8 nitrogen and oxygen atoms in total. The van der Waals surface area contributed by atoms with Crippen molar-refractivity contribution in [3.05, 3.63) is 45.7 Å². The Balaban J connectivity index is 0.000000553. The van der Waals surface area contributed by atoms with Crippen LogP contribution in [0, 0.1) is 0 Å². The number of ether oxygens (including phenoxy) is 1. The highest BCUT2D eigenvalue weighted by Crippen LogP contribution is 2.16. The molecule has 2 rings (SSSR count). The number of aryl methyl sites for hydroxylation is 2. The minimum Gasteiger partial charge on any atom is -0.477 e. The third kappa shape index (κ3) is 7.16. The van der Waals surface area contributed by atoms with Crippen LogP contribution in [0.25, 0.3) is 10.9 Å². The minimum absolute atomic E-state index is 0.192. The van der Waals surface area contributed by atoms with E-state index in [0.29, 0.717) is 31.7 Å². The number of hydrogen-bond acceptors (Lipinski definition) is 5. The standard InChI is InChI=1S/C17H22N2O4.C2HF3O2/c1-2-19-11-14(17(21)22)16(20)13-10-12(5-6-15(13)19)4-3-8-23-9-7-18;3-2(4,5)1(6)7/h5-6,10-11H,2-4,7-9,18H2,1H3,(H,21,22);(H,6,7). The van der Waals surface area contributed by atoms with Crippen LogP contribution < -0.4 is 11.2 Å². The van der Waals surface area contributed by atoms with Crippen molar-refractivity contribution >= 4 is 22.8 Å². The normalized spacial score (nSPS) is 11.1. The zero-order valence-corrected chi connectivity index (χ0v) is 16.2. The van der Waals surface area contributed by atoms with E-state index in [-0.39, 0.29) is 5.56 Å². The first-order valence-electron chi connectivity index (χ1n) is 9.00. The van der Waals surface area contributed by atoms with E-state index in [9.17, 15) is 27.9 Å². The zero-order chi connectivity index (χ0) is 22.9. The average Bonchev–Trinajstić information content (AvgIpc) is 2.68. The quantitative estimate of drug-likeness (QED) is 0.545. The molecule has 0 amide bonds. The van der Waals surface area contributed by atoms with E-state index in [1.165, 1.54) is 6.20 Å². The number of benzene rings is 1. The Morgan fingerprint density at radius 2 is 1.83 bits per heavy atom. The van der Waals surface area contributed by atoms with Crippen LogP contribution in [-0.4, -0.2) is 52.7 Å².